The smallest absolute Gasteiger partial charge is 0.343 e. The summed E-state index contributed by atoms with van der Waals surface area (Å²) in [6.07, 6.45) is 2.34. The molecule has 1 N–H and O–H groups in total. The monoisotopic (exact) mass is 256 g/mol. The van der Waals surface area contributed by atoms with E-state index >= 15 is 0 Å². The Kier molecular flexibility index (Phi) is 5.14. The van der Waals surface area contributed by atoms with Crippen molar-refractivity contribution in [2.24, 2.45) is 5.92 Å². The number of nitrogens with zero attached hydrogens (tertiary/aromatic N) is 3. The number of thioether (sulfide) groups is 1. The van der Waals surface area contributed by atoms with E-state index < -0.39 is 4.92 Å². The van der Waals surface area contributed by atoms with E-state index in [1.165, 1.54) is 18.1 Å². The number of hydrogen-bond acceptors (Lipinski definition) is 6. The van der Waals surface area contributed by atoms with Crippen molar-refractivity contribution in [1.29, 1.82) is 0 Å². The molecule has 0 amide bonds. The summed E-state index contributed by atoms with van der Waals surface area (Å²) in [7, 11) is 1.61. The molecule has 6 nitrogen and oxygen atoms in total. The Labute approximate surface area is 104 Å². The lowest BCUT2D eigenvalue weighted by Gasteiger charge is -2.06. The van der Waals surface area contributed by atoms with Crippen LogP contribution in [0.1, 0.15) is 20.3 Å². The summed E-state index contributed by atoms with van der Waals surface area (Å²) in [5.74, 6) is 1.66. The van der Waals surface area contributed by atoms with Crippen LogP contribution < -0.4 is 5.32 Å². The highest BCUT2D eigenvalue weighted by molar-refractivity contribution is 7.99. The van der Waals surface area contributed by atoms with E-state index in [2.05, 4.69) is 29.1 Å². The van der Waals surface area contributed by atoms with Gasteiger partial charge in [-0.15, -0.1) is 0 Å². The van der Waals surface area contributed by atoms with Crippen LogP contribution in [0.4, 0.5) is 11.5 Å². The standard InChI is InChI=1S/C10H16N4O2S/c1-7(2)4-5-17-10-8(14(15)16)9(11-3)12-6-13-10/h6-7H,4-5H2,1-3H3,(H,11,12,13). The first kappa shape index (κ1) is 13.7. The molecule has 0 radical (unpaired) electrons. The number of hydrogen-bond donors (Lipinski definition) is 1. The molecule has 1 heterocycles. The lowest BCUT2D eigenvalue weighted by molar-refractivity contribution is -0.387. The van der Waals surface area contributed by atoms with Crippen LogP contribution in [0.2, 0.25) is 0 Å². The quantitative estimate of drug-likeness (QED) is 0.364. The van der Waals surface area contributed by atoms with Gasteiger partial charge in [0.05, 0.1) is 4.92 Å². The van der Waals surface area contributed by atoms with Crippen LogP contribution in [0, 0.1) is 16.0 Å². The molecule has 1 aromatic rings. The SMILES string of the molecule is CNc1ncnc(SCCC(C)C)c1[N+](=O)[O-]. The second kappa shape index (κ2) is 6.39. The summed E-state index contributed by atoms with van der Waals surface area (Å²) in [5.41, 5.74) is -0.0382. The van der Waals surface area contributed by atoms with E-state index in [4.69, 9.17) is 0 Å². The Morgan fingerprint density at radius 3 is 2.76 bits per heavy atom. The predicted molar refractivity (Wildman–Crippen MR) is 68.4 cm³/mol. The van der Waals surface area contributed by atoms with Crippen LogP contribution in [0.15, 0.2) is 11.4 Å². The van der Waals surface area contributed by atoms with Gasteiger partial charge in [-0.3, -0.25) is 10.1 Å². The van der Waals surface area contributed by atoms with Crippen molar-refractivity contribution in [1.82, 2.24) is 9.97 Å². The molecule has 0 saturated heterocycles. The van der Waals surface area contributed by atoms with E-state index in [-0.39, 0.29) is 11.5 Å². The zero-order valence-electron chi connectivity index (χ0n) is 10.1. The Balaban J connectivity index is 2.87. The van der Waals surface area contributed by atoms with Crippen LogP contribution in [0.5, 0.6) is 0 Å². The maximum absolute atomic E-state index is 11.0. The molecule has 0 aliphatic carbocycles. The molecule has 1 aromatic heterocycles. The summed E-state index contributed by atoms with van der Waals surface area (Å²) in [6.45, 7) is 4.24. The minimum absolute atomic E-state index is 0.0382. The third-order valence-corrected chi connectivity index (χ3v) is 3.15. The molecule has 0 aliphatic heterocycles. The fraction of sp³-hybridized carbons (Fsp3) is 0.600. The lowest BCUT2D eigenvalue weighted by Crippen LogP contribution is -2.03. The van der Waals surface area contributed by atoms with Gasteiger partial charge >= 0.3 is 5.69 Å². The van der Waals surface area contributed by atoms with Crippen molar-refractivity contribution in [2.45, 2.75) is 25.3 Å². The van der Waals surface area contributed by atoms with Crippen molar-refractivity contribution in [2.75, 3.05) is 18.1 Å². The summed E-state index contributed by atoms with van der Waals surface area (Å²) >= 11 is 1.40. The molecule has 0 saturated carbocycles. The lowest BCUT2D eigenvalue weighted by atomic mass is 10.2. The first-order valence-corrected chi connectivity index (χ1v) is 6.34. The maximum Gasteiger partial charge on any atom is 0.343 e. The fourth-order valence-corrected chi connectivity index (χ4v) is 2.42. The molecule has 1 rings (SSSR count). The number of aromatic nitrogens is 2. The van der Waals surface area contributed by atoms with E-state index in [1.807, 2.05) is 0 Å². The van der Waals surface area contributed by atoms with Gasteiger partial charge in [0.15, 0.2) is 5.03 Å². The van der Waals surface area contributed by atoms with Gasteiger partial charge in [-0.05, 0) is 18.1 Å². The second-order valence-electron chi connectivity index (χ2n) is 3.91. The van der Waals surface area contributed by atoms with Gasteiger partial charge < -0.3 is 5.32 Å². The normalized spacial score (nSPS) is 10.6. The minimum Gasteiger partial charge on any atom is -0.367 e. The van der Waals surface area contributed by atoms with Crippen LogP contribution in [-0.4, -0.2) is 27.7 Å². The predicted octanol–water partition coefficient (Wildman–Crippen LogP) is 2.56. The zero-order chi connectivity index (χ0) is 12.8. The molecular weight excluding hydrogens is 240 g/mol. The Hall–Kier alpha value is -1.37. The van der Waals surface area contributed by atoms with Crippen molar-refractivity contribution < 1.29 is 4.92 Å². The Bertz CT molecular complexity index is 398. The third-order valence-electron chi connectivity index (χ3n) is 2.14. The first-order chi connectivity index (χ1) is 8.06. The third kappa shape index (κ3) is 3.85. The van der Waals surface area contributed by atoms with Crippen molar-refractivity contribution >= 4 is 23.3 Å². The molecule has 0 bridgehead atoms. The number of nitro groups is 1. The summed E-state index contributed by atoms with van der Waals surface area (Å²) in [5, 5.41) is 14.1. The molecule has 17 heavy (non-hydrogen) atoms. The van der Waals surface area contributed by atoms with Crippen LogP contribution in [-0.2, 0) is 0 Å². The van der Waals surface area contributed by atoms with Gasteiger partial charge in [0, 0.05) is 7.05 Å². The van der Waals surface area contributed by atoms with Crippen LogP contribution in [0.3, 0.4) is 0 Å². The van der Waals surface area contributed by atoms with E-state index in [0.717, 1.165) is 12.2 Å². The summed E-state index contributed by atoms with van der Waals surface area (Å²) < 4.78 is 0. The molecule has 0 unspecified atom stereocenters. The van der Waals surface area contributed by atoms with Crippen LogP contribution in [0.25, 0.3) is 0 Å². The maximum atomic E-state index is 11.0. The number of nitrogens with one attached hydrogen (secondary N) is 1. The van der Waals surface area contributed by atoms with Crippen molar-refractivity contribution in [3.8, 4) is 0 Å². The average Bonchev–Trinajstić information content (AvgIpc) is 2.27. The molecule has 0 aliphatic rings. The number of anilines is 1. The minimum atomic E-state index is -0.441. The van der Waals surface area contributed by atoms with Gasteiger partial charge in [-0.2, -0.15) is 0 Å². The zero-order valence-corrected chi connectivity index (χ0v) is 11.0. The summed E-state index contributed by atoms with van der Waals surface area (Å²) in [6, 6.07) is 0. The highest BCUT2D eigenvalue weighted by Gasteiger charge is 2.22. The highest BCUT2D eigenvalue weighted by atomic mass is 32.2. The second-order valence-corrected chi connectivity index (χ2v) is 5.00. The average molecular weight is 256 g/mol. The largest absolute Gasteiger partial charge is 0.367 e. The molecule has 0 aromatic carbocycles. The van der Waals surface area contributed by atoms with Gasteiger partial charge in [0.2, 0.25) is 5.82 Å². The molecule has 7 heteroatoms. The molecule has 0 fully saturated rings. The van der Waals surface area contributed by atoms with E-state index in [0.29, 0.717) is 10.9 Å². The van der Waals surface area contributed by atoms with Crippen molar-refractivity contribution in [3.63, 3.8) is 0 Å². The van der Waals surface area contributed by atoms with Crippen LogP contribution >= 0.6 is 11.8 Å². The Morgan fingerprint density at radius 2 is 2.24 bits per heavy atom. The van der Waals surface area contributed by atoms with E-state index in [9.17, 15) is 10.1 Å². The number of rotatable bonds is 6. The fourth-order valence-electron chi connectivity index (χ4n) is 1.21. The summed E-state index contributed by atoms with van der Waals surface area (Å²) in [4.78, 5) is 18.4. The van der Waals surface area contributed by atoms with Gasteiger partial charge in [-0.25, -0.2) is 9.97 Å². The van der Waals surface area contributed by atoms with Gasteiger partial charge in [0.25, 0.3) is 0 Å². The van der Waals surface area contributed by atoms with Crippen molar-refractivity contribution in [3.05, 3.63) is 16.4 Å². The molecular formula is C10H16N4O2S. The molecule has 0 atom stereocenters. The molecule has 0 spiro atoms. The van der Waals surface area contributed by atoms with Gasteiger partial charge in [0.1, 0.15) is 6.33 Å². The molecule has 94 valence electrons. The van der Waals surface area contributed by atoms with Gasteiger partial charge in [-0.1, -0.05) is 25.6 Å². The topological polar surface area (TPSA) is 81.0 Å². The first-order valence-electron chi connectivity index (χ1n) is 5.36. The highest BCUT2D eigenvalue weighted by Crippen LogP contribution is 2.32. The Morgan fingerprint density at radius 1 is 1.53 bits per heavy atom. The van der Waals surface area contributed by atoms with E-state index in [1.54, 1.807) is 7.05 Å².